The average molecular weight is 525 g/mol. The van der Waals surface area contributed by atoms with Crippen molar-refractivity contribution in [3.8, 4) is 0 Å². The lowest BCUT2D eigenvalue weighted by atomic mass is 10.2. The number of hydrogen-bond donors (Lipinski definition) is 1. The van der Waals surface area contributed by atoms with E-state index >= 15 is 0 Å². The Morgan fingerprint density at radius 1 is 1.16 bits per heavy atom. The summed E-state index contributed by atoms with van der Waals surface area (Å²) >= 11 is 19.0. The Balaban J connectivity index is 1.76. The van der Waals surface area contributed by atoms with E-state index in [4.69, 9.17) is 34.8 Å². The number of alkyl halides is 3. The Hall–Kier alpha value is -1.94. The normalized spacial score (nSPS) is 17.8. The standard InChI is InChI=1S/C20H15Cl3F3N3O2S/c1-2-29-18(31)16(32-19(29)27-13-7-11(21)6-12(22)8-13)9-17(30)28-15-5-10(20(24,25)26)3-4-14(15)23/h3-8,16H,2,9H2,1H3,(H,28,30). The monoisotopic (exact) mass is 523 g/mol. The Bertz CT molecular complexity index is 1080. The number of carbonyl (C=O) groups is 2. The lowest BCUT2D eigenvalue weighted by molar-refractivity contribution is -0.137. The van der Waals surface area contributed by atoms with E-state index in [2.05, 4.69) is 10.3 Å². The highest BCUT2D eigenvalue weighted by Crippen LogP contribution is 2.35. The molecule has 2 aromatic rings. The molecule has 5 nitrogen and oxygen atoms in total. The summed E-state index contributed by atoms with van der Waals surface area (Å²) in [5, 5.41) is 2.63. The second-order valence-corrected chi connectivity index (χ2v) is 9.11. The lowest BCUT2D eigenvalue weighted by Gasteiger charge is -2.14. The summed E-state index contributed by atoms with van der Waals surface area (Å²) in [4.78, 5) is 31.0. The molecule has 32 heavy (non-hydrogen) atoms. The maximum atomic E-state index is 12.9. The number of aliphatic imine (C=N–C) groups is 1. The van der Waals surface area contributed by atoms with Crippen LogP contribution < -0.4 is 5.32 Å². The molecule has 1 aliphatic heterocycles. The third kappa shape index (κ3) is 5.89. The van der Waals surface area contributed by atoms with Crippen molar-refractivity contribution in [3.63, 3.8) is 0 Å². The highest BCUT2D eigenvalue weighted by atomic mass is 35.5. The molecule has 1 N–H and O–H groups in total. The van der Waals surface area contributed by atoms with Gasteiger partial charge < -0.3 is 5.32 Å². The molecular weight excluding hydrogens is 510 g/mol. The first kappa shape index (κ1) is 24.7. The maximum Gasteiger partial charge on any atom is 0.416 e. The van der Waals surface area contributed by atoms with Gasteiger partial charge in [-0.2, -0.15) is 13.2 Å². The fourth-order valence-electron chi connectivity index (χ4n) is 2.90. The van der Waals surface area contributed by atoms with E-state index in [0.717, 1.165) is 30.0 Å². The second-order valence-electron chi connectivity index (χ2n) is 6.66. The minimum Gasteiger partial charge on any atom is -0.325 e. The van der Waals surface area contributed by atoms with Crippen LogP contribution in [0.3, 0.4) is 0 Å². The zero-order valence-corrected chi connectivity index (χ0v) is 19.4. The number of nitrogens with one attached hydrogen (secondary N) is 1. The number of nitrogens with zero attached hydrogens (tertiary/aromatic N) is 2. The summed E-state index contributed by atoms with van der Waals surface area (Å²) in [6.45, 7) is 2.07. The number of amidine groups is 1. The number of amides is 2. The van der Waals surface area contributed by atoms with Crippen LogP contribution in [0.2, 0.25) is 15.1 Å². The third-order valence-corrected chi connectivity index (χ3v) is 6.29. The first-order valence-electron chi connectivity index (χ1n) is 9.17. The highest BCUT2D eigenvalue weighted by molar-refractivity contribution is 8.15. The van der Waals surface area contributed by atoms with Crippen LogP contribution in [0, 0.1) is 0 Å². The molecular formula is C20H15Cl3F3N3O2S. The van der Waals surface area contributed by atoms with Crippen LogP contribution in [0.5, 0.6) is 0 Å². The van der Waals surface area contributed by atoms with Crippen molar-refractivity contribution in [3.05, 3.63) is 57.0 Å². The largest absolute Gasteiger partial charge is 0.416 e. The number of carbonyl (C=O) groups excluding carboxylic acids is 2. The van der Waals surface area contributed by atoms with Gasteiger partial charge in [-0.25, -0.2) is 4.99 Å². The first-order chi connectivity index (χ1) is 15.0. The number of thioether (sulfide) groups is 1. The lowest BCUT2D eigenvalue weighted by Crippen LogP contribution is -2.33. The quantitative estimate of drug-likeness (QED) is 0.477. The summed E-state index contributed by atoms with van der Waals surface area (Å²) in [6, 6.07) is 7.32. The molecule has 1 heterocycles. The molecule has 0 aromatic heterocycles. The van der Waals surface area contributed by atoms with Crippen LogP contribution in [0.4, 0.5) is 24.5 Å². The van der Waals surface area contributed by atoms with E-state index in [1.54, 1.807) is 25.1 Å². The maximum absolute atomic E-state index is 12.9. The fourth-order valence-corrected chi connectivity index (χ4v) is 4.80. The zero-order chi connectivity index (χ0) is 23.6. The number of hydrogen-bond acceptors (Lipinski definition) is 4. The van der Waals surface area contributed by atoms with Gasteiger partial charge in [0.2, 0.25) is 11.8 Å². The minimum absolute atomic E-state index is 0.0491. The van der Waals surface area contributed by atoms with Crippen LogP contribution in [0.25, 0.3) is 0 Å². The molecule has 1 atom stereocenters. The molecule has 3 rings (SSSR count). The van der Waals surface area contributed by atoms with Crippen molar-refractivity contribution in [1.82, 2.24) is 4.90 Å². The van der Waals surface area contributed by atoms with Crippen molar-refractivity contribution in [1.29, 1.82) is 0 Å². The van der Waals surface area contributed by atoms with Crippen molar-refractivity contribution in [2.24, 2.45) is 4.99 Å². The van der Waals surface area contributed by atoms with E-state index in [1.807, 2.05) is 0 Å². The van der Waals surface area contributed by atoms with Gasteiger partial charge in [0.1, 0.15) is 5.25 Å². The number of halogens is 6. The SMILES string of the molecule is CCN1C(=O)C(CC(=O)Nc2cc(C(F)(F)F)ccc2Cl)SC1=Nc1cc(Cl)cc(Cl)c1. The predicted octanol–water partition coefficient (Wildman–Crippen LogP) is 6.65. The molecule has 170 valence electrons. The predicted molar refractivity (Wildman–Crippen MR) is 122 cm³/mol. The van der Waals surface area contributed by atoms with E-state index < -0.39 is 22.9 Å². The Labute approximate surface area is 200 Å². The van der Waals surface area contributed by atoms with E-state index in [-0.39, 0.29) is 23.0 Å². The average Bonchev–Trinajstić information content (AvgIpc) is 2.95. The smallest absolute Gasteiger partial charge is 0.325 e. The molecule has 1 saturated heterocycles. The Kier molecular flexibility index (Phi) is 7.65. The number of rotatable bonds is 5. The summed E-state index contributed by atoms with van der Waals surface area (Å²) in [7, 11) is 0. The summed E-state index contributed by atoms with van der Waals surface area (Å²) in [6.07, 6.45) is -4.86. The van der Waals surface area contributed by atoms with Crippen molar-refractivity contribution in [2.75, 3.05) is 11.9 Å². The van der Waals surface area contributed by atoms with Gasteiger partial charge in [-0.15, -0.1) is 0 Å². The molecule has 1 aliphatic rings. The fraction of sp³-hybridized carbons (Fsp3) is 0.250. The molecule has 0 radical (unpaired) electrons. The minimum atomic E-state index is -4.59. The van der Waals surface area contributed by atoms with E-state index in [0.29, 0.717) is 27.4 Å². The number of benzene rings is 2. The third-order valence-electron chi connectivity index (χ3n) is 4.35. The molecule has 0 spiro atoms. The molecule has 12 heteroatoms. The molecule has 2 aromatic carbocycles. The summed E-state index contributed by atoms with van der Waals surface area (Å²) in [5.41, 5.74) is -0.691. The van der Waals surface area contributed by atoms with Crippen LogP contribution in [-0.2, 0) is 15.8 Å². The van der Waals surface area contributed by atoms with Crippen LogP contribution >= 0.6 is 46.6 Å². The van der Waals surface area contributed by atoms with Gasteiger partial charge in [0, 0.05) is 23.0 Å². The molecule has 0 aliphatic carbocycles. The van der Waals surface area contributed by atoms with Gasteiger partial charge in [-0.3, -0.25) is 14.5 Å². The van der Waals surface area contributed by atoms with Crippen molar-refractivity contribution in [2.45, 2.75) is 24.8 Å². The second kappa shape index (κ2) is 9.91. The highest BCUT2D eigenvalue weighted by Gasteiger charge is 2.38. The molecule has 1 fully saturated rings. The van der Waals surface area contributed by atoms with Gasteiger partial charge in [-0.1, -0.05) is 46.6 Å². The van der Waals surface area contributed by atoms with Gasteiger partial charge in [0.15, 0.2) is 5.17 Å². The molecule has 0 bridgehead atoms. The van der Waals surface area contributed by atoms with E-state index in [9.17, 15) is 22.8 Å². The van der Waals surface area contributed by atoms with Crippen LogP contribution in [0.15, 0.2) is 41.4 Å². The molecule has 1 unspecified atom stereocenters. The van der Waals surface area contributed by atoms with Gasteiger partial charge in [0.05, 0.1) is 22.0 Å². The van der Waals surface area contributed by atoms with Gasteiger partial charge in [-0.05, 0) is 43.3 Å². The van der Waals surface area contributed by atoms with Gasteiger partial charge in [0.25, 0.3) is 0 Å². The van der Waals surface area contributed by atoms with E-state index in [1.165, 1.54) is 4.90 Å². The molecule has 0 saturated carbocycles. The Morgan fingerprint density at radius 3 is 2.41 bits per heavy atom. The van der Waals surface area contributed by atoms with Crippen LogP contribution in [-0.4, -0.2) is 33.7 Å². The first-order valence-corrected chi connectivity index (χ1v) is 11.2. The number of anilines is 1. The Morgan fingerprint density at radius 2 is 1.81 bits per heavy atom. The summed E-state index contributed by atoms with van der Waals surface area (Å²) in [5.74, 6) is -0.991. The zero-order valence-electron chi connectivity index (χ0n) is 16.3. The summed E-state index contributed by atoms with van der Waals surface area (Å²) < 4.78 is 38.8. The molecule has 2 amide bonds. The van der Waals surface area contributed by atoms with Gasteiger partial charge >= 0.3 is 6.18 Å². The topological polar surface area (TPSA) is 61.8 Å². The van der Waals surface area contributed by atoms with Crippen molar-refractivity contribution < 1.29 is 22.8 Å². The van der Waals surface area contributed by atoms with Crippen molar-refractivity contribution >= 4 is 74.9 Å². The van der Waals surface area contributed by atoms with Crippen LogP contribution in [0.1, 0.15) is 18.9 Å².